The second kappa shape index (κ2) is 10.7. The Morgan fingerprint density at radius 2 is 1.66 bits per heavy atom. The number of aromatic nitrogens is 7. The first-order valence-corrected chi connectivity index (χ1v) is 16.1. The van der Waals surface area contributed by atoms with Crippen molar-refractivity contribution in [3.8, 4) is 0 Å². The Kier molecular flexibility index (Phi) is 7.18. The summed E-state index contributed by atoms with van der Waals surface area (Å²) in [7, 11) is -9.85. The Labute approximate surface area is 244 Å². The highest BCUT2D eigenvalue weighted by atomic mass is 31.2. The van der Waals surface area contributed by atoms with Crippen LogP contribution in [0, 0.1) is 0 Å². The number of imidazole rings is 2. The van der Waals surface area contributed by atoms with E-state index in [1.807, 2.05) is 0 Å². The average molecular weight is 659 g/mol. The zero-order valence-electron chi connectivity index (χ0n) is 22.1. The van der Waals surface area contributed by atoms with E-state index in [0.717, 1.165) is 6.33 Å². The molecule has 4 aromatic rings. The first kappa shape index (κ1) is 29.5. The van der Waals surface area contributed by atoms with E-state index in [0.29, 0.717) is 0 Å². The summed E-state index contributed by atoms with van der Waals surface area (Å²) < 4.78 is 76.9. The highest BCUT2D eigenvalue weighted by Crippen LogP contribution is 2.53. The Morgan fingerprint density at radius 1 is 0.932 bits per heavy atom. The normalized spacial score (nSPS) is 38.3. The van der Waals surface area contributed by atoms with Crippen LogP contribution >= 0.6 is 15.4 Å². The number of nitrogens with zero attached hydrogens (tertiary/aromatic N) is 7. The van der Waals surface area contributed by atoms with Crippen molar-refractivity contribution >= 4 is 49.3 Å². The Bertz CT molecular complexity index is 1700. The molecule has 23 heteroatoms. The minimum Gasteiger partial charge on any atom is -0.397 e. The van der Waals surface area contributed by atoms with Gasteiger partial charge in [0.05, 0.1) is 24.9 Å². The number of phosphoric ester groups is 1. The molecule has 7 N–H and O–H groups in total. The van der Waals surface area contributed by atoms with E-state index >= 15 is 4.39 Å². The maximum atomic E-state index is 15.9. The summed E-state index contributed by atoms with van der Waals surface area (Å²) in [6, 6.07) is 1.49. The van der Waals surface area contributed by atoms with Gasteiger partial charge in [0.25, 0.3) is 0 Å². The average Bonchev–Trinajstić information content (AvgIpc) is 3.73. The molecular weight excluding hydrogens is 635 g/mol. The molecule has 3 fully saturated rings. The number of aliphatic hydroxyl groups is 1. The molecule has 4 unspecified atom stereocenters. The van der Waals surface area contributed by atoms with E-state index in [9.17, 15) is 24.0 Å². The minimum atomic E-state index is -5.06. The van der Waals surface area contributed by atoms with Gasteiger partial charge in [-0.3, -0.25) is 27.3 Å². The number of rotatable bonds is 2. The number of nitrogen functional groups attached to an aromatic ring is 2. The number of hydrogen-bond acceptors (Lipinski definition) is 16. The van der Waals surface area contributed by atoms with Gasteiger partial charge in [0.2, 0.25) is 0 Å². The molecule has 20 nitrogen and oxygen atoms in total. The maximum absolute atomic E-state index is 15.9. The van der Waals surface area contributed by atoms with Crippen LogP contribution in [-0.2, 0) is 36.9 Å². The van der Waals surface area contributed by atoms with Gasteiger partial charge in [-0.1, -0.05) is 0 Å². The van der Waals surface area contributed by atoms with E-state index < -0.39 is 77.7 Å². The number of ether oxygens (including phenoxy) is 3. The van der Waals surface area contributed by atoms with Crippen LogP contribution in [0.3, 0.4) is 0 Å². The van der Waals surface area contributed by atoms with Gasteiger partial charge in [-0.2, -0.15) is 0 Å². The highest BCUT2D eigenvalue weighted by molar-refractivity contribution is 7.52. The van der Waals surface area contributed by atoms with Crippen molar-refractivity contribution in [2.45, 2.75) is 49.3 Å². The van der Waals surface area contributed by atoms with Gasteiger partial charge in [0, 0.05) is 6.20 Å². The van der Waals surface area contributed by atoms with Gasteiger partial charge in [0.15, 0.2) is 54.5 Å². The summed E-state index contributed by atoms with van der Waals surface area (Å²) in [4.78, 5) is 41.4. The lowest BCUT2D eigenvalue weighted by Crippen LogP contribution is -2.38. The summed E-state index contributed by atoms with van der Waals surface area (Å²) in [5, 5.41) is 11.1. The molecular formula is C21H24FN9O11P2. The standard InChI is InChI=1S/C21H24FN9O11P2/c22-10-14-9(39-19(10)30-5-28-11-8(23)1-2-25-17(11)30)3-38-44(35,36)42-15-13(32)20(40-21(15)37-7-43(33,34)41-14)31-6-29-12-16(24)26-4-27-18(12)31/h1-2,4-6,9-10,13-15,19-21,32H,3,7H2,(H2,23,25)(H,33,34)(H,35,36)(H2,24,26,27)/t9-,10?,13?,14+,15-,19-,20-,21+/m1/s1. The van der Waals surface area contributed by atoms with E-state index in [1.54, 1.807) is 0 Å². The van der Waals surface area contributed by atoms with Gasteiger partial charge in [-0.25, -0.2) is 33.9 Å². The zero-order valence-corrected chi connectivity index (χ0v) is 23.9. The summed E-state index contributed by atoms with van der Waals surface area (Å²) in [5.41, 5.74) is 12.7. The first-order valence-electron chi connectivity index (χ1n) is 12.8. The number of alkyl halides is 1. The number of aliphatic hydroxyl groups excluding tert-OH is 1. The van der Waals surface area contributed by atoms with Crippen molar-refractivity contribution in [3.63, 3.8) is 0 Å². The molecule has 236 valence electrons. The van der Waals surface area contributed by atoms with Gasteiger partial charge < -0.3 is 40.6 Å². The number of phosphoric acid groups is 1. The monoisotopic (exact) mass is 659 g/mol. The van der Waals surface area contributed by atoms with Gasteiger partial charge in [0.1, 0.15) is 35.7 Å². The van der Waals surface area contributed by atoms with Crippen LogP contribution in [0.5, 0.6) is 0 Å². The molecule has 3 saturated heterocycles. The number of anilines is 2. The summed E-state index contributed by atoms with van der Waals surface area (Å²) in [5.74, 6) is 0.0367. The summed E-state index contributed by atoms with van der Waals surface area (Å²) in [6.45, 7) is -0.835. The van der Waals surface area contributed by atoms with Crippen molar-refractivity contribution in [2.75, 3.05) is 24.4 Å². The van der Waals surface area contributed by atoms with Gasteiger partial charge in [-0.05, 0) is 6.07 Å². The largest absolute Gasteiger partial charge is 0.472 e. The quantitative estimate of drug-likeness (QED) is 0.176. The number of pyridine rings is 1. The molecule has 0 radical (unpaired) electrons. The van der Waals surface area contributed by atoms with Crippen LogP contribution in [0.1, 0.15) is 12.5 Å². The molecule has 0 aliphatic carbocycles. The van der Waals surface area contributed by atoms with Crippen molar-refractivity contribution < 1.29 is 56.2 Å². The van der Waals surface area contributed by atoms with Crippen molar-refractivity contribution in [3.05, 3.63) is 31.2 Å². The Hall–Kier alpha value is -3.20. The molecule has 3 aliphatic rings. The van der Waals surface area contributed by atoms with E-state index in [2.05, 4.69) is 24.9 Å². The van der Waals surface area contributed by atoms with Crippen LogP contribution in [0.2, 0.25) is 0 Å². The molecule has 0 bridgehead atoms. The zero-order chi connectivity index (χ0) is 31.0. The molecule has 10 atom stereocenters. The van der Waals surface area contributed by atoms with Crippen molar-refractivity contribution in [1.29, 1.82) is 0 Å². The topological polar surface area (TPSA) is 277 Å². The van der Waals surface area contributed by atoms with Crippen molar-refractivity contribution in [2.24, 2.45) is 0 Å². The van der Waals surface area contributed by atoms with Crippen LogP contribution < -0.4 is 11.5 Å². The van der Waals surface area contributed by atoms with Crippen LogP contribution in [-0.4, -0.2) is 98.8 Å². The SMILES string of the molecule is Nc1ncnc2c1ncn2[C@@H]1O[C@@H]2OCP(=O)(O)O[C@@H]3C(F)[C@H](n4cnc5c(N)ccnc54)O[C@@H]3COP(=O)(O)O[C@@H]2C1O. The fourth-order valence-corrected chi connectivity index (χ4v) is 7.17. The third kappa shape index (κ3) is 5.05. The fourth-order valence-electron chi connectivity index (χ4n) is 5.21. The lowest BCUT2D eigenvalue weighted by molar-refractivity contribution is -0.168. The summed E-state index contributed by atoms with van der Waals surface area (Å²) >= 11 is 0. The fraction of sp³-hybridized carbons (Fsp3) is 0.476. The molecule has 0 amide bonds. The van der Waals surface area contributed by atoms with Crippen LogP contribution in [0.4, 0.5) is 15.9 Å². The predicted molar refractivity (Wildman–Crippen MR) is 142 cm³/mol. The molecule has 7 rings (SSSR count). The van der Waals surface area contributed by atoms with E-state index in [4.69, 9.17) is 39.2 Å². The van der Waals surface area contributed by atoms with Crippen LogP contribution in [0.15, 0.2) is 31.2 Å². The first-order chi connectivity index (χ1) is 20.9. The Morgan fingerprint density at radius 3 is 2.45 bits per heavy atom. The van der Waals surface area contributed by atoms with Crippen molar-refractivity contribution in [1.82, 2.24) is 34.1 Å². The maximum Gasteiger partial charge on any atom is 0.472 e. The molecule has 0 spiro atoms. The van der Waals surface area contributed by atoms with E-state index in [-0.39, 0.29) is 33.8 Å². The van der Waals surface area contributed by atoms with Crippen LogP contribution in [0.25, 0.3) is 22.3 Å². The number of nitrogens with two attached hydrogens (primary N) is 2. The number of fused-ring (bicyclic) bond motifs is 4. The number of hydrogen-bond donors (Lipinski definition) is 5. The van der Waals surface area contributed by atoms with E-state index in [1.165, 1.54) is 34.1 Å². The second-order valence-electron chi connectivity index (χ2n) is 10.0. The van der Waals surface area contributed by atoms with Gasteiger partial charge in [-0.15, -0.1) is 0 Å². The molecule has 0 saturated carbocycles. The third-order valence-electron chi connectivity index (χ3n) is 7.21. The molecule has 4 aromatic heterocycles. The lowest BCUT2D eigenvalue weighted by Gasteiger charge is -2.27. The molecule has 3 aliphatic heterocycles. The molecule has 0 aromatic carbocycles. The second-order valence-corrected chi connectivity index (χ2v) is 13.2. The Balaban J connectivity index is 1.17. The number of halogens is 1. The lowest BCUT2D eigenvalue weighted by atomic mass is 10.1. The highest BCUT2D eigenvalue weighted by Gasteiger charge is 2.54. The predicted octanol–water partition coefficient (Wildman–Crippen LogP) is -0.0526. The molecule has 44 heavy (non-hydrogen) atoms. The summed E-state index contributed by atoms with van der Waals surface area (Å²) in [6.07, 6.45) is -9.68. The van der Waals surface area contributed by atoms with Gasteiger partial charge >= 0.3 is 15.4 Å². The minimum absolute atomic E-state index is 0.0367. The molecule has 7 heterocycles. The third-order valence-corrected chi connectivity index (χ3v) is 9.24. The smallest absolute Gasteiger partial charge is 0.397 e.